The van der Waals surface area contributed by atoms with Crippen LogP contribution in [0.2, 0.25) is 0 Å². The smallest absolute Gasteiger partial charge is 0.243 e. The zero-order chi connectivity index (χ0) is 20.2. The average molecular weight is 516 g/mol. The van der Waals surface area contributed by atoms with Crippen molar-refractivity contribution in [1.82, 2.24) is 15.5 Å². The first-order valence-electron chi connectivity index (χ1n) is 10.5. The molecular formula is C22H37IN4O2. The van der Waals surface area contributed by atoms with Crippen molar-refractivity contribution in [2.45, 2.75) is 51.0 Å². The number of likely N-dealkylation sites (N-methyl/N-ethyl adjacent to an activating group) is 1. The molecule has 0 saturated heterocycles. The Kier molecular flexibility index (Phi) is 12.9. The fourth-order valence-electron chi connectivity index (χ4n) is 3.46. The summed E-state index contributed by atoms with van der Waals surface area (Å²) in [7, 11) is 3.51. The first-order chi connectivity index (χ1) is 13.6. The lowest BCUT2D eigenvalue weighted by Gasteiger charge is -2.30. The molecule has 0 radical (unpaired) electrons. The monoisotopic (exact) mass is 516 g/mol. The number of benzene rings is 1. The Balaban J connectivity index is 0.00000420. The van der Waals surface area contributed by atoms with Crippen LogP contribution in [-0.4, -0.2) is 63.2 Å². The molecule has 164 valence electrons. The maximum Gasteiger partial charge on any atom is 0.243 e. The van der Waals surface area contributed by atoms with Gasteiger partial charge in [-0.05, 0) is 50.5 Å². The van der Waals surface area contributed by atoms with E-state index in [1.54, 1.807) is 19.0 Å². The molecule has 0 aromatic heterocycles. The number of hydrogen-bond donors (Lipinski definition) is 2. The van der Waals surface area contributed by atoms with Gasteiger partial charge in [0.1, 0.15) is 6.54 Å². The second-order valence-electron chi connectivity index (χ2n) is 7.53. The van der Waals surface area contributed by atoms with E-state index < -0.39 is 0 Å². The number of halogens is 1. The molecule has 2 rings (SSSR count). The molecule has 1 aliphatic rings. The fourth-order valence-corrected chi connectivity index (χ4v) is 3.46. The number of nitrogens with zero attached hydrogens (tertiary/aromatic N) is 2. The van der Waals surface area contributed by atoms with Gasteiger partial charge in [0, 0.05) is 39.9 Å². The number of guanidine groups is 1. The average Bonchev–Trinajstić information content (AvgIpc) is 2.72. The molecule has 29 heavy (non-hydrogen) atoms. The Labute approximate surface area is 192 Å². The Morgan fingerprint density at radius 2 is 1.86 bits per heavy atom. The highest BCUT2D eigenvalue weighted by molar-refractivity contribution is 14.0. The molecule has 1 fully saturated rings. The van der Waals surface area contributed by atoms with Crippen LogP contribution in [0.1, 0.15) is 50.5 Å². The molecule has 0 bridgehead atoms. The van der Waals surface area contributed by atoms with Gasteiger partial charge in [-0.25, -0.2) is 4.99 Å². The first kappa shape index (κ1) is 25.7. The quantitative estimate of drug-likeness (QED) is 0.229. The topological polar surface area (TPSA) is 66.0 Å². The zero-order valence-electron chi connectivity index (χ0n) is 18.0. The van der Waals surface area contributed by atoms with Gasteiger partial charge in [-0.15, -0.1) is 24.0 Å². The number of carbonyl (C=O) groups excluding carboxylic acids is 1. The summed E-state index contributed by atoms with van der Waals surface area (Å²) in [6.45, 7) is 4.41. The third-order valence-corrected chi connectivity index (χ3v) is 5.17. The minimum absolute atomic E-state index is 0. The van der Waals surface area contributed by atoms with Gasteiger partial charge in [-0.2, -0.15) is 0 Å². The van der Waals surface area contributed by atoms with Crippen LogP contribution in [0.15, 0.2) is 35.3 Å². The lowest BCUT2D eigenvalue weighted by molar-refractivity contribution is -0.127. The lowest BCUT2D eigenvalue weighted by Crippen LogP contribution is -2.45. The molecule has 1 aliphatic carbocycles. The Bertz CT molecular complexity index is 602. The highest BCUT2D eigenvalue weighted by Crippen LogP contribution is 2.32. The molecule has 1 amide bonds. The largest absolute Gasteiger partial charge is 0.382 e. The van der Waals surface area contributed by atoms with E-state index in [2.05, 4.69) is 46.0 Å². The number of carbonyl (C=O) groups is 1. The van der Waals surface area contributed by atoms with Crippen LogP contribution < -0.4 is 10.6 Å². The number of hydrogen-bond acceptors (Lipinski definition) is 3. The molecule has 6 nitrogen and oxygen atoms in total. The Morgan fingerprint density at radius 3 is 2.48 bits per heavy atom. The summed E-state index contributed by atoms with van der Waals surface area (Å²) in [5, 5.41) is 6.89. The van der Waals surface area contributed by atoms with Gasteiger partial charge >= 0.3 is 0 Å². The van der Waals surface area contributed by atoms with Gasteiger partial charge in [-0.1, -0.05) is 30.3 Å². The third-order valence-electron chi connectivity index (χ3n) is 5.17. The van der Waals surface area contributed by atoms with E-state index >= 15 is 0 Å². The molecule has 0 unspecified atom stereocenters. The van der Waals surface area contributed by atoms with Crippen molar-refractivity contribution < 1.29 is 9.53 Å². The second-order valence-corrected chi connectivity index (χ2v) is 7.53. The van der Waals surface area contributed by atoms with Crippen molar-refractivity contribution in [3.63, 3.8) is 0 Å². The van der Waals surface area contributed by atoms with Crippen LogP contribution in [0.3, 0.4) is 0 Å². The van der Waals surface area contributed by atoms with Crippen LogP contribution in [0, 0.1) is 0 Å². The molecule has 0 heterocycles. The van der Waals surface area contributed by atoms with Crippen molar-refractivity contribution in [3.8, 4) is 0 Å². The zero-order valence-corrected chi connectivity index (χ0v) is 20.4. The predicted molar refractivity (Wildman–Crippen MR) is 130 cm³/mol. The van der Waals surface area contributed by atoms with Gasteiger partial charge < -0.3 is 20.3 Å². The van der Waals surface area contributed by atoms with E-state index in [1.165, 1.54) is 18.4 Å². The van der Waals surface area contributed by atoms with E-state index in [4.69, 9.17) is 4.74 Å². The van der Waals surface area contributed by atoms with Gasteiger partial charge in [0.2, 0.25) is 5.91 Å². The van der Waals surface area contributed by atoms with Crippen LogP contribution in [0.25, 0.3) is 0 Å². The van der Waals surface area contributed by atoms with E-state index in [-0.39, 0.29) is 36.4 Å². The Hall–Kier alpha value is -1.35. The van der Waals surface area contributed by atoms with Crippen LogP contribution in [0.5, 0.6) is 0 Å². The maximum atomic E-state index is 11.9. The van der Waals surface area contributed by atoms with E-state index in [0.717, 1.165) is 45.0 Å². The van der Waals surface area contributed by atoms with Crippen LogP contribution in [0.4, 0.5) is 0 Å². The van der Waals surface area contributed by atoms with E-state index in [9.17, 15) is 4.79 Å². The maximum absolute atomic E-state index is 11.9. The molecule has 0 spiro atoms. The summed E-state index contributed by atoms with van der Waals surface area (Å²) >= 11 is 0. The summed E-state index contributed by atoms with van der Waals surface area (Å²) in [6.07, 6.45) is 5.49. The predicted octanol–water partition coefficient (Wildman–Crippen LogP) is 3.38. The summed E-state index contributed by atoms with van der Waals surface area (Å²) in [5.74, 6) is 1.38. The molecule has 1 aromatic carbocycles. The van der Waals surface area contributed by atoms with Crippen molar-refractivity contribution in [2.75, 3.05) is 40.4 Å². The van der Waals surface area contributed by atoms with E-state index in [0.29, 0.717) is 12.0 Å². The van der Waals surface area contributed by atoms with Gasteiger partial charge in [0.25, 0.3) is 0 Å². The third kappa shape index (κ3) is 9.80. The highest BCUT2D eigenvalue weighted by Gasteiger charge is 2.23. The van der Waals surface area contributed by atoms with Gasteiger partial charge in [0.15, 0.2) is 5.96 Å². The standard InChI is InChI=1S/C22H36N4O2.HI/c1-4-28-16-8-15-23-22(24-17-21(27)26(2)3)25-20-13-11-19(12-14-20)18-9-6-5-7-10-18;/h5-7,9-10,19-20H,4,8,11-17H2,1-3H3,(H2,23,24,25);1H. The van der Waals surface area contributed by atoms with Crippen molar-refractivity contribution >= 4 is 35.8 Å². The number of rotatable bonds is 9. The summed E-state index contributed by atoms with van der Waals surface area (Å²) in [4.78, 5) is 18.0. The van der Waals surface area contributed by atoms with Crippen molar-refractivity contribution in [3.05, 3.63) is 35.9 Å². The number of nitrogens with one attached hydrogen (secondary N) is 2. The Morgan fingerprint density at radius 1 is 1.17 bits per heavy atom. The van der Waals surface area contributed by atoms with Gasteiger partial charge in [-0.3, -0.25) is 4.79 Å². The molecule has 1 aromatic rings. The molecule has 0 atom stereocenters. The lowest BCUT2D eigenvalue weighted by atomic mass is 9.82. The molecule has 0 aliphatic heterocycles. The van der Waals surface area contributed by atoms with Crippen molar-refractivity contribution in [1.29, 1.82) is 0 Å². The highest BCUT2D eigenvalue weighted by atomic mass is 127. The first-order valence-corrected chi connectivity index (χ1v) is 10.5. The van der Waals surface area contributed by atoms with Crippen LogP contribution >= 0.6 is 24.0 Å². The summed E-state index contributed by atoms with van der Waals surface area (Å²) < 4.78 is 5.39. The minimum atomic E-state index is 0. The second kappa shape index (κ2) is 14.6. The summed E-state index contributed by atoms with van der Waals surface area (Å²) in [5.41, 5.74) is 1.44. The normalized spacial score (nSPS) is 19.2. The minimum Gasteiger partial charge on any atom is -0.382 e. The van der Waals surface area contributed by atoms with E-state index in [1.807, 2.05) is 6.92 Å². The molecular weight excluding hydrogens is 479 g/mol. The number of aliphatic imine (C=N–C) groups is 1. The molecule has 1 saturated carbocycles. The molecule has 2 N–H and O–H groups in total. The SMILES string of the molecule is CCOCCCNC(=NCC(=O)N(C)C)NC1CCC(c2ccccc2)CC1.I. The fraction of sp³-hybridized carbons (Fsp3) is 0.636. The van der Waals surface area contributed by atoms with Crippen LogP contribution in [-0.2, 0) is 9.53 Å². The number of ether oxygens (including phenoxy) is 1. The van der Waals surface area contributed by atoms with Gasteiger partial charge in [0.05, 0.1) is 0 Å². The number of amides is 1. The van der Waals surface area contributed by atoms with Crippen molar-refractivity contribution in [2.24, 2.45) is 4.99 Å². The molecule has 7 heteroatoms. The summed E-state index contributed by atoms with van der Waals surface area (Å²) in [6, 6.07) is 11.2.